The van der Waals surface area contributed by atoms with E-state index in [-0.39, 0.29) is 63.8 Å². The number of amides is 3. The predicted molar refractivity (Wildman–Crippen MR) is 189 cm³/mol. The fourth-order valence-corrected chi connectivity index (χ4v) is 11.7. The molecule has 2 aliphatic carbocycles. The highest BCUT2D eigenvalue weighted by Crippen LogP contribution is 2.68. The van der Waals surface area contributed by atoms with E-state index in [0.29, 0.717) is 17.1 Å². The van der Waals surface area contributed by atoms with Gasteiger partial charge >= 0.3 is 4.87 Å². The summed E-state index contributed by atoms with van der Waals surface area (Å²) in [5, 5.41) is 17.0. The lowest BCUT2D eigenvalue weighted by Crippen LogP contribution is -2.42. The van der Waals surface area contributed by atoms with E-state index >= 15 is 0 Å². The SMILES string of the molecule is O=C(COc1cccc([C@H]2c3sc(=O)[nH]c3SC3C4CC(C5C(=O)N(c6ccc([N+](=O)[O-])cc6)C(=O)C45)C32)c1)Nc1ccc2ccccc2c1. The first-order valence-corrected chi connectivity index (χ1v) is 18.0. The number of thioether (sulfide) groups is 1. The number of ether oxygens (including phenoxy) is 1. The Labute approximate surface area is 292 Å². The molecule has 4 aliphatic rings. The van der Waals surface area contributed by atoms with Crippen molar-refractivity contribution in [1.29, 1.82) is 0 Å². The van der Waals surface area contributed by atoms with Gasteiger partial charge in [0.2, 0.25) is 11.8 Å². The van der Waals surface area contributed by atoms with Crippen molar-refractivity contribution < 1.29 is 24.0 Å². The highest BCUT2D eigenvalue weighted by molar-refractivity contribution is 8.00. The molecule has 13 heteroatoms. The molecule has 2 aliphatic heterocycles. The maximum Gasteiger partial charge on any atom is 0.305 e. The van der Waals surface area contributed by atoms with Gasteiger partial charge in [0, 0.05) is 33.9 Å². The molecule has 2 N–H and O–H groups in total. The van der Waals surface area contributed by atoms with Crippen molar-refractivity contribution in [2.75, 3.05) is 16.8 Å². The van der Waals surface area contributed by atoms with Crippen LogP contribution in [0.25, 0.3) is 10.8 Å². The van der Waals surface area contributed by atoms with E-state index in [1.165, 1.54) is 40.5 Å². The number of nitrogens with zero attached hydrogens (tertiary/aromatic N) is 2. The number of hydrogen-bond donors (Lipinski definition) is 2. The zero-order chi connectivity index (χ0) is 34.3. The number of nitro benzene ring substituents is 1. The van der Waals surface area contributed by atoms with Gasteiger partial charge in [-0.05, 0) is 76.9 Å². The second kappa shape index (κ2) is 11.7. The number of rotatable bonds is 7. The number of hydrogen-bond acceptors (Lipinski definition) is 9. The van der Waals surface area contributed by atoms with Crippen LogP contribution in [0.3, 0.4) is 0 Å². The van der Waals surface area contributed by atoms with E-state index in [9.17, 15) is 29.3 Å². The lowest BCUT2D eigenvalue weighted by Gasteiger charge is -2.43. The van der Waals surface area contributed by atoms with Crippen LogP contribution in [0.15, 0.2) is 101 Å². The third-order valence-corrected chi connectivity index (χ3v) is 13.3. The number of nitrogens with one attached hydrogen (secondary N) is 2. The number of thiazole rings is 1. The quantitative estimate of drug-likeness (QED) is 0.116. The summed E-state index contributed by atoms with van der Waals surface area (Å²) < 4.78 is 5.98. The molecular weight excluding hydrogens is 677 g/mol. The predicted octanol–water partition coefficient (Wildman–Crippen LogP) is 6.19. The van der Waals surface area contributed by atoms with Gasteiger partial charge < -0.3 is 15.0 Å². The minimum absolute atomic E-state index is 0.00475. The molecule has 6 unspecified atom stereocenters. The van der Waals surface area contributed by atoms with Crippen molar-refractivity contribution in [3.8, 4) is 5.75 Å². The molecule has 0 radical (unpaired) electrons. The number of nitro groups is 1. The maximum atomic E-state index is 14.0. The van der Waals surface area contributed by atoms with Crippen LogP contribution >= 0.6 is 23.1 Å². The van der Waals surface area contributed by atoms with Gasteiger partial charge in [-0.3, -0.25) is 34.2 Å². The molecule has 9 rings (SSSR count). The number of H-pyrrole nitrogens is 1. The average Bonchev–Trinajstić information content (AvgIpc) is 3.86. The van der Waals surface area contributed by atoms with Crippen molar-refractivity contribution in [2.24, 2.45) is 29.6 Å². The molecule has 2 saturated carbocycles. The lowest BCUT2D eigenvalue weighted by atomic mass is 9.68. The summed E-state index contributed by atoms with van der Waals surface area (Å²) in [5.41, 5.74) is 1.81. The minimum atomic E-state index is -0.515. The van der Waals surface area contributed by atoms with E-state index in [4.69, 9.17) is 4.74 Å². The largest absolute Gasteiger partial charge is 0.484 e. The molecule has 3 amide bonds. The first-order valence-electron chi connectivity index (χ1n) is 16.3. The van der Waals surface area contributed by atoms with E-state index in [0.717, 1.165) is 32.7 Å². The van der Waals surface area contributed by atoms with E-state index in [2.05, 4.69) is 10.3 Å². The van der Waals surface area contributed by atoms with Crippen molar-refractivity contribution in [3.05, 3.63) is 121 Å². The summed E-state index contributed by atoms with van der Waals surface area (Å²) in [4.78, 5) is 69.1. The number of aromatic nitrogens is 1. The Morgan fingerprint density at radius 3 is 2.46 bits per heavy atom. The summed E-state index contributed by atoms with van der Waals surface area (Å²) in [6, 6.07) is 26.7. The van der Waals surface area contributed by atoms with Gasteiger partial charge in [-0.15, -0.1) is 11.8 Å². The highest BCUT2D eigenvalue weighted by Gasteiger charge is 2.69. The number of fused-ring (bicyclic) bond motifs is 10. The molecule has 5 aromatic rings. The van der Waals surface area contributed by atoms with Gasteiger partial charge in [0.05, 0.1) is 27.5 Å². The van der Waals surface area contributed by atoms with Crippen LogP contribution < -0.4 is 19.8 Å². The highest BCUT2D eigenvalue weighted by atomic mass is 32.2. The van der Waals surface area contributed by atoms with Gasteiger partial charge in [-0.1, -0.05) is 53.8 Å². The molecule has 1 aromatic heterocycles. The fourth-order valence-electron chi connectivity index (χ4n) is 8.78. The topological polar surface area (TPSA) is 152 Å². The zero-order valence-electron chi connectivity index (χ0n) is 26.2. The molecular formula is C37H28N4O7S2. The summed E-state index contributed by atoms with van der Waals surface area (Å²) in [6.07, 6.45) is 0.726. The molecule has 250 valence electrons. The molecule has 2 bridgehead atoms. The number of carbonyl (C=O) groups excluding carboxylic acids is 3. The maximum absolute atomic E-state index is 14.0. The van der Waals surface area contributed by atoms with E-state index in [1.54, 1.807) is 17.8 Å². The molecule has 7 atom stereocenters. The summed E-state index contributed by atoms with van der Waals surface area (Å²) in [6.45, 7) is -0.199. The van der Waals surface area contributed by atoms with Crippen LogP contribution in [-0.2, 0) is 14.4 Å². The molecule has 3 heterocycles. The molecule has 0 spiro atoms. The lowest BCUT2D eigenvalue weighted by molar-refractivity contribution is -0.384. The Kier molecular flexibility index (Phi) is 7.18. The minimum Gasteiger partial charge on any atom is -0.484 e. The van der Waals surface area contributed by atoms with E-state index < -0.39 is 16.8 Å². The first-order chi connectivity index (χ1) is 24.2. The third kappa shape index (κ3) is 4.86. The van der Waals surface area contributed by atoms with Crippen molar-refractivity contribution >= 4 is 68.7 Å². The Bertz CT molecular complexity index is 2300. The van der Waals surface area contributed by atoms with Crippen LogP contribution in [0.1, 0.15) is 22.8 Å². The third-order valence-electron chi connectivity index (χ3n) is 10.7. The number of aromatic amines is 1. The van der Waals surface area contributed by atoms with E-state index in [1.807, 2.05) is 60.7 Å². The number of imide groups is 1. The zero-order valence-corrected chi connectivity index (χ0v) is 27.8. The second-order valence-electron chi connectivity index (χ2n) is 13.2. The van der Waals surface area contributed by atoms with Gasteiger partial charge in [-0.25, -0.2) is 0 Å². The molecule has 50 heavy (non-hydrogen) atoms. The van der Waals surface area contributed by atoms with Crippen LogP contribution in [0.5, 0.6) is 5.75 Å². The van der Waals surface area contributed by atoms with Crippen LogP contribution in [0.4, 0.5) is 17.1 Å². The van der Waals surface area contributed by atoms with Crippen molar-refractivity contribution in [1.82, 2.24) is 4.98 Å². The van der Waals surface area contributed by atoms with Crippen LogP contribution in [0.2, 0.25) is 0 Å². The van der Waals surface area contributed by atoms with Crippen molar-refractivity contribution in [3.63, 3.8) is 0 Å². The first kappa shape index (κ1) is 30.8. The fraction of sp³-hybridized carbons (Fsp3) is 0.243. The Morgan fingerprint density at radius 1 is 0.920 bits per heavy atom. The Balaban J connectivity index is 0.981. The van der Waals surface area contributed by atoms with Crippen molar-refractivity contribution in [2.45, 2.75) is 22.6 Å². The summed E-state index contributed by atoms with van der Waals surface area (Å²) in [5.74, 6) is -1.74. The monoisotopic (exact) mass is 704 g/mol. The molecule has 11 nitrogen and oxygen atoms in total. The normalized spacial score (nSPS) is 26.1. The number of anilines is 2. The standard InChI is InChI=1S/C37H28N4O7S2/c42-27(38-21-9-8-18-4-1-2-5-19(18)14-21)17-48-24-7-3-6-20(15-24)28-29-25-16-26(32(29)49-34-33(28)50-37(45)39-34)31-30(25)35(43)40(36(31)44)22-10-12-23(13-11-22)41(46)47/h1-15,25-26,28-32H,16-17H2,(H,38,42)(H,39,45)/t25?,26?,28-,29?,30?,31?,32?/m1/s1. The second-order valence-corrected chi connectivity index (χ2v) is 15.4. The molecule has 1 saturated heterocycles. The summed E-state index contributed by atoms with van der Waals surface area (Å²) >= 11 is 2.77. The molecule has 4 aromatic carbocycles. The Hall–Kier alpha value is -5.27. The number of carbonyl (C=O) groups is 3. The van der Waals surface area contributed by atoms with Crippen LogP contribution in [0, 0.1) is 39.7 Å². The Morgan fingerprint density at radius 2 is 1.68 bits per heavy atom. The summed E-state index contributed by atoms with van der Waals surface area (Å²) in [7, 11) is 0. The van der Waals surface area contributed by atoms with Gasteiger partial charge in [0.15, 0.2) is 6.61 Å². The molecule has 3 fully saturated rings. The average molecular weight is 705 g/mol. The smallest absolute Gasteiger partial charge is 0.305 e. The number of benzene rings is 4. The number of non-ortho nitro benzene ring substituents is 1. The van der Waals surface area contributed by atoms with Gasteiger partial charge in [0.1, 0.15) is 5.75 Å². The van der Waals surface area contributed by atoms with Gasteiger partial charge in [-0.2, -0.15) is 0 Å². The van der Waals surface area contributed by atoms with Gasteiger partial charge in [0.25, 0.3) is 11.6 Å². The van der Waals surface area contributed by atoms with Crippen LogP contribution in [-0.4, -0.2) is 39.5 Å².